The molecule has 7 nitrogen and oxygen atoms in total. The van der Waals surface area contributed by atoms with Crippen LogP contribution in [0.3, 0.4) is 0 Å². The largest absolute Gasteiger partial charge is 0.510 e. The summed E-state index contributed by atoms with van der Waals surface area (Å²) in [6.45, 7) is 20.3. The van der Waals surface area contributed by atoms with Crippen LogP contribution < -0.4 is 35.2 Å². The fraction of sp³-hybridized carbons (Fsp3) is 0.182. The molecule has 5 heterocycles. The van der Waals surface area contributed by atoms with E-state index in [1.165, 1.54) is 16.7 Å². The molecule has 2 aliphatic rings. The van der Waals surface area contributed by atoms with Gasteiger partial charge in [0, 0.05) is 49.7 Å². The fourth-order valence-electron chi connectivity index (χ4n) is 10.8. The van der Waals surface area contributed by atoms with E-state index in [2.05, 4.69) is 228 Å². The van der Waals surface area contributed by atoms with Crippen LogP contribution in [-0.2, 0) is 37.3 Å². The van der Waals surface area contributed by atoms with Gasteiger partial charge in [-0.15, -0.1) is 29.7 Å². The Balaban J connectivity index is 0.00000569. The van der Waals surface area contributed by atoms with E-state index < -0.39 is 0 Å². The van der Waals surface area contributed by atoms with E-state index in [4.69, 9.17) is 19.2 Å². The third-order valence-electron chi connectivity index (χ3n) is 14.8. The summed E-state index contributed by atoms with van der Waals surface area (Å²) in [6.07, 6.45) is 5.62. The molecule has 0 unspecified atom stereocenters. The average molecular weight is 1160 g/mol. The molecular formula is C66H55BN4O3Pt-2. The smallest absolute Gasteiger partial charge is 0.268 e. The fourth-order valence-corrected chi connectivity index (χ4v) is 10.8. The summed E-state index contributed by atoms with van der Waals surface area (Å²) in [4.78, 5) is 4.99. The Bertz CT molecular complexity index is 3990. The molecule has 9 heteroatoms. The molecule has 0 amide bonds. The number of benzene rings is 8. The van der Waals surface area contributed by atoms with Crippen molar-refractivity contribution in [1.29, 1.82) is 0 Å². The van der Waals surface area contributed by atoms with Gasteiger partial charge in [0.05, 0.1) is 16.7 Å². The van der Waals surface area contributed by atoms with Crippen molar-refractivity contribution in [2.24, 2.45) is 0 Å². The minimum atomic E-state index is -0.0903. The molecule has 3 aromatic heterocycles. The van der Waals surface area contributed by atoms with Gasteiger partial charge in [0.1, 0.15) is 28.8 Å². The van der Waals surface area contributed by atoms with Crippen LogP contribution in [-0.4, -0.2) is 20.8 Å². The Hall–Kier alpha value is -7.67. The van der Waals surface area contributed by atoms with Crippen molar-refractivity contribution in [2.45, 2.75) is 78.6 Å². The number of fused-ring (bicyclic) bond motifs is 8. The van der Waals surface area contributed by atoms with E-state index in [1.807, 2.05) is 36.5 Å². The predicted molar refractivity (Wildman–Crippen MR) is 299 cm³/mol. The Morgan fingerprint density at radius 3 is 1.85 bits per heavy atom. The van der Waals surface area contributed by atoms with E-state index in [0.717, 1.165) is 101 Å². The molecule has 2 aliphatic heterocycles. The predicted octanol–water partition coefficient (Wildman–Crippen LogP) is 13.9. The van der Waals surface area contributed by atoms with E-state index >= 15 is 0 Å². The summed E-state index contributed by atoms with van der Waals surface area (Å²) in [5.41, 5.74) is 14.8. The second-order valence-corrected chi connectivity index (χ2v) is 22.9. The zero-order valence-corrected chi connectivity index (χ0v) is 45.8. The molecular weight excluding hydrogens is 1100 g/mol. The van der Waals surface area contributed by atoms with Crippen LogP contribution in [0.25, 0.3) is 61.2 Å². The standard InChI is InChI=1S/C66H55BN4O3.Pt/c1-64(2,3)43-29-30-68-62(37-43)71-54-28-25-41(42-32-60-63-61(33-42)74-59-24-15-11-20-53(59)67(63)52-19-10-14-23-58(52)73-60)31-51(54)50-27-26-49(39-57(50)71)72-48-18-16-17-46(38-48)69-40-70(56-22-13-12-21-55(56)69)47-35-44(65(4,5)6)34-45(36-47)66(7,8)9;/h10-37H,1-9H3;/q-2;. The maximum absolute atomic E-state index is 6.75. The second-order valence-electron chi connectivity index (χ2n) is 22.9. The van der Waals surface area contributed by atoms with Gasteiger partial charge in [0.2, 0.25) is 0 Å². The molecule has 0 bridgehead atoms. The molecule has 0 aliphatic carbocycles. The summed E-state index contributed by atoms with van der Waals surface area (Å²) in [5.74, 6) is 5.27. The van der Waals surface area contributed by atoms with Crippen LogP contribution in [0, 0.1) is 18.5 Å². The van der Waals surface area contributed by atoms with Crippen molar-refractivity contribution < 1.29 is 39.8 Å². The zero-order chi connectivity index (χ0) is 50.8. The van der Waals surface area contributed by atoms with Gasteiger partial charge in [-0.1, -0.05) is 147 Å². The zero-order valence-electron chi connectivity index (χ0n) is 43.6. The van der Waals surface area contributed by atoms with Gasteiger partial charge in [-0.2, -0.15) is 18.2 Å². The quantitative estimate of drug-likeness (QED) is 0.0946. The third kappa shape index (κ3) is 8.35. The molecule has 0 atom stereocenters. The van der Waals surface area contributed by atoms with Crippen LogP contribution >= 0.6 is 0 Å². The van der Waals surface area contributed by atoms with E-state index in [0.29, 0.717) is 11.5 Å². The molecule has 75 heavy (non-hydrogen) atoms. The molecule has 0 fully saturated rings. The number of nitrogens with zero attached hydrogens (tertiary/aromatic N) is 4. The van der Waals surface area contributed by atoms with Crippen molar-refractivity contribution in [2.75, 3.05) is 0 Å². The van der Waals surface area contributed by atoms with Gasteiger partial charge >= 0.3 is 0 Å². The Morgan fingerprint density at radius 2 is 1.17 bits per heavy atom. The normalized spacial score (nSPS) is 12.9. The number of ether oxygens (including phenoxy) is 3. The number of hydrogen-bond acceptors (Lipinski definition) is 4. The van der Waals surface area contributed by atoms with Crippen LogP contribution in [0.2, 0.25) is 0 Å². The van der Waals surface area contributed by atoms with Gasteiger partial charge < -0.3 is 23.3 Å². The molecule has 13 rings (SSSR count). The van der Waals surface area contributed by atoms with Gasteiger partial charge in [0.15, 0.2) is 0 Å². The molecule has 0 saturated carbocycles. The maximum atomic E-state index is 6.75. The molecule has 0 saturated heterocycles. The monoisotopic (exact) mass is 1160 g/mol. The van der Waals surface area contributed by atoms with Crippen molar-refractivity contribution in [3.05, 3.63) is 205 Å². The molecule has 0 radical (unpaired) electrons. The number of rotatable bonds is 6. The van der Waals surface area contributed by atoms with Gasteiger partial charge in [-0.25, -0.2) is 4.98 Å². The van der Waals surface area contributed by atoms with E-state index in [-0.39, 0.29) is 44.0 Å². The topological polar surface area (TPSA) is 54.3 Å². The average Bonchev–Trinajstić information content (AvgIpc) is 3.95. The first-order valence-electron chi connectivity index (χ1n) is 25.5. The summed E-state index contributed by atoms with van der Waals surface area (Å²) in [5, 5.41) is 2.08. The van der Waals surface area contributed by atoms with Crippen LogP contribution in [0.1, 0.15) is 79.0 Å². The third-order valence-corrected chi connectivity index (χ3v) is 14.8. The molecule has 0 spiro atoms. The Morgan fingerprint density at radius 1 is 0.533 bits per heavy atom. The number of imidazole rings is 1. The molecule has 8 aromatic carbocycles. The van der Waals surface area contributed by atoms with Crippen molar-refractivity contribution in [1.82, 2.24) is 14.1 Å². The van der Waals surface area contributed by atoms with Crippen LogP contribution in [0.15, 0.2) is 170 Å². The van der Waals surface area contributed by atoms with Crippen molar-refractivity contribution in [3.8, 4) is 62.8 Å². The summed E-state index contributed by atoms with van der Waals surface area (Å²) in [6, 6.07) is 64.8. The minimum absolute atomic E-state index is 0. The first-order chi connectivity index (χ1) is 35.5. The van der Waals surface area contributed by atoms with E-state index in [9.17, 15) is 0 Å². The summed E-state index contributed by atoms with van der Waals surface area (Å²) >= 11 is 0. The molecule has 11 aromatic rings. The SMILES string of the molecule is CC(C)(C)c1cc(-[n+]2[c-]n(-c3[c-]c(Oc4[c-]c5c(cc4)c4cc(-c6cc7c8c(c6)Oc6ccccc6B8c6ccccc6O7)ccc4n5-c4cc(C(C)(C)C)ccn4)ccc3)c3ccccc32)cc(C(C)(C)C)c1.[Pt]. The first kappa shape index (κ1) is 48.3. The number of hydrogen-bond donors (Lipinski definition) is 0. The molecule has 372 valence electrons. The molecule has 0 N–H and O–H groups in total. The van der Waals surface area contributed by atoms with Gasteiger partial charge in [0.25, 0.3) is 13.0 Å². The van der Waals surface area contributed by atoms with Gasteiger partial charge in [-0.05, 0) is 121 Å². The Kier molecular flexibility index (Phi) is 11.4. The minimum Gasteiger partial charge on any atom is -0.510 e. The first-order valence-corrected chi connectivity index (χ1v) is 25.5. The number of aromatic nitrogens is 4. The number of para-hydroxylation sites is 4. The Labute approximate surface area is 453 Å². The van der Waals surface area contributed by atoms with Gasteiger partial charge in [-0.3, -0.25) is 4.57 Å². The maximum Gasteiger partial charge on any atom is 0.268 e. The summed E-state index contributed by atoms with van der Waals surface area (Å²) < 4.78 is 26.6. The van der Waals surface area contributed by atoms with Crippen molar-refractivity contribution >= 4 is 55.9 Å². The van der Waals surface area contributed by atoms with Crippen LogP contribution in [0.5, 0.6) is 34.5 Å². The van der Waals surface area contributed by atoms with Crippen LogP contribution in [0.4, 0.5) is 0 Å². The second kappa shape index (κ2) is 17.7. The summed E-state index contributed by atoms with van der Waals surface area (Å²) in [7, 11) is 0. The number of pyridine rings is 1. The van der Waals surface area contributed by atoms with E-state index in [1.54, 1.807) is 0 Å². The van der Waals surface area contributed by atoms with Crippen molar-refractivity contribution in [3.63, 3.8) is 0 Å².